The van der Waals surface area contributed by atoms with E-state index in [1.807, 2.05) is 30.3 Å². The van der Waals surface area contributed by atoms with Gasteiger partial charge in [-0.05, 0) is 48.5 Å². The van der Waals surface area contributed by atoms with Gasteiger partial charge in [-0.3, -0.25) is 0 Å². The van der Waals surface area contributed by atoms with Crippen LogP contribution in [0.1, 0.15) is 5.76 Å². The lowest BCUT2D eigenvalue weighted by Crippen LogP contribution is -2.41. The number of aromatic nitrogens is 1. The molecule has 2 N–H and O–H groups in total. The maximum absolute atomic E-state index is 13.1. The van der Waals surface area contributed by atoms with E-state index in [1.165, 1.54) is 0 Å². The molecular weight excluding hydrogens is 450 g/mol. The van der Waals surface area contributed by atoms with Crippen molar-refractivity contribution >= 4 is 45.1 Å². The molecule has 0 fully saturated rings. The molecule has 6 nitrogen and oxygen atoms in total. The Kier molecular flexibility index (Phi) is 6.25. The van der Waals surface area contributed by atoms with Crippen molar-refractivity contribution in [2.45, 2.75) is 19.2 Å². The lowest BCUT2D eigenvalue weighted by molar-refractivity contribution is 0.108. The monoisotopic (exact) mass is 473 g/mol. The summed E-state index contributed by atoms with van der Waals surface area (Å²) in [5.41, 5.74) is 2.72. The first-order valence-electron chi connectivity index (χ1n) is 11.1. The summed E-state index contributed by atoms with van der Waals surface area (Å²) in [6.07, 6.45) is 0.768. The zero-order valence-electron chi connectivity index (χ0n) is 18.4. The fourth-order valence-corrected chi connectivity index (χ4v) is 4.39. The summed E-state index contributed by atoms with van der Waals surface area (Å²) < 4.78 is 7.57. The van der Waals surface area contributed by atoms with Crippen molar-refractivity contribution in [3.63, 3.8) is 0 Å². The number of halogens is 1. The van der Waals surface area contributed by atoms with Crippen LogP contribution in [0.2, 0.25) is 5.02 Å². The molecule has 0 bridgehead atoms. The number of carbonyl (C=O) groups excluding carboxylic acids is 1. The van der Waals surface area contributed by atoms with Gasteiger partial charge < -0.3 is 24.3 Å². The number of furan rings is 1. The SMILES string of the molecule is O=C(Nc1ccc(Cl)cc1)N(Cc1ccco1)CC(O)Cn1c2ccccc2c2ccccc21. The van der Waals surface area contributed by atoms with Gasteiger partial charge in [0.15, 0.2) is 0 Å². The van der Waals surface area contributed by atoms with Crippen LogP contribution in [0.25, 0.3) is 21.8 Å². The number of benzene rings is 3. The number of nitrogens with zero attached hydrogens (tertiary/aromatic N) is 2. The number of hydrogen-bond donors (Lipinski definition) is 2. The zero-order valence-corrected chi connectivity index (χ0v) is 19.2. The first-order valence-corrected chi connectivity index (χ1v) is 11.4. The predicted molar refractivity (Wildman–Crippen MR) is 135 cm³/mol. The van der Waals surface area contributed by atoms with Crippen LogP contribution in [0, 0.1) is 0 Å². The fraction of sp³-hybridized carbons (Fsp3) is 0.148. The van der Waals surface area contributed by atoms with Gasteiger partial charge in [0.2, 0.25) is 0 Å². The Morgan fingerprint density at radius 2 is 1.59 bits per heavy atom. The van der Waals surface area contributed by atoms with Crippen LogP contribution in [0.5, 0.6) is 0 Å². The third-order valence-electron chi connectivity index (χ3n) is 5.81. The van der Waals surface area contributed by atoms with E-state index in [2.05, 4.69) is 34.1 Å². The molecule has 1 unspecified atom stereocenters. The Hall–Kier alpha value is -3.74. The number of hydrogen-bond acceptors (Lipinski definition) is 3. The zero-order chi connectivity index (χ0) is 23.5. The van der Waals surface area contributed by atoms with E-state index in [-0.39, 0.29) is 19.1 Å². The number of urea groups is 1. The molecule has 2 aromatic heterocycles. The van der Waals surface area contributed by atoms with Crippen molar-refractivity contribution in [1.29, 1.82) is 0 Å². The second-order valence-electron chi connectivity index (χ2n) is 8.20. The molecule has 5 aromatic rings. The Morgan fingerprint density at radius 3 is 2.21 bits per heavy atom. The minimum atomic E-state index is -0.801. The predicted octanol–water partition coefficient (Wildman–Crippen LogP) is 6.14. The first kappa shape index (κ1) is 22.1. The fourth-order valence-electron chi connectivity index (χ4n) is 4.27. The maximum atomic E-state index is 13.1. The van der Waals surface area contributed by atoms with Crippen LogP contribution < -0.4 is 5.32 Å². The van der Waals surface area contributed by atoms with Gasteiger partial charge in [-0.2, -0.15) is 0 Å². The first-order chi connectivity index (χ1) is 16.6. The molecule has 0 saturated carbocycles. The minimum Gasteiger partial charge on any atom is -0.467 e. The van der Waals surface area contributed by atoms with Gasteiger partial charge in [0.05, 0.1) is 32.0 Å². The van der Waals surface area contributed by atoms with E-state index < -0.39 is 6.10 Å². The van der Waals surface area contributed by atoms with Crippen molar-refractivity contribution < 1.29 is 14.3 Å². The molecule has 0 spiro atoms. The summed E-state index contributed by atoms with van der Waals surface area (Å²) in [7, 11) is 0. The molecule has 34 heavy (non-hydrogen) atoms. The molecular formula is C27H24ClN3O3. The van der Waals surface area contributed by atoms with Crippen molar-refractivity contribution in [3.05, 3.63) is 102 Å². The van der Waals surface area contributed by atoms with Gasteiger partial charge in [-0.25, -0.2) is 4.79 Å². The van der Waals surface area contributed by atoms with Crippen LogP contribution in [-0.4, -0.2) is 33.3 Å². The topological polar surface area (TPSA) is 70.6 Å². The summed E-state index contributed by atoms with van der Waals surface area (Å²) in [4.78, 5) is 14.7. The van der Waals surface area contributed by atoms with Crippen molar-refractivity contribution in [2.75, 3.05) is 11.9 Å². The highest BCUT2D eigenvalue weighted by Crippen LogP contribution is 2.29. The van der Waals surface area contributed by atoms with Gasteiger partial charge in [-0.1, -0.05) is 48.0 Å². The Morgan fingerprint density at radius 1 is 0.941 bits per heavy atom. The third kappa shape index (κ3) is 4.64. The standard InChI is InChI=1S/C27H24ClN3O3/c28-19-11-13-20(14-12-19)29-27(33)30(18-22-6-5-15-34-22)16-21(32)17-31-25-9-3-1-7-23(25)24-8-2-4-10-26(24)31/h1-15,21,32H,16-18H2,(H,29,33). The number of fused-ring (bicyclic) bond motifs is 3. The van der Waals surface area contributed by atoms with Crippen LogP contribution in [0.3, 0.4) is 0 Å². The lowest BCUT2D eigenvalue weighted by Gasteiger charge is -2.25. The number of carbonyl (C=O) groups is 1. The number of aliphatic hydroxyl groups excluding tert-OH is 1. The van der Waals surface area contributed by atoms with Crippen molar-refractivity contribution in [3.8, 4) is 0 Å². The summed E-state index contributed by atoms with van der Waals surface area (Å²) in [5.74, 6) is 0.635. The molecule has 0 aliphatic rings. The summed E-state index contributed by atoms with van der Waals surface area (Å²) >= 11 is 5.95. The molecule has 0 radical (unpaired) electrons. The van der Waals surface area contributed by atoms with Crippen LogP contribution >= 0.6 is 11.6 Å². The number of nitrogens with one attached hydrogen (secondary N) is 1. The molecule has 172 valence electrons. The Balaban J connectivity index is 1.38. The molecule has 2 heterocycles. The molecule has 7 heteroatoms. The van der Waals surface area contributed by atoms with E-state index in [0.717, 1.165) is 21.8 Å². The summed E-state index contributed by atoms with van der Waals surface area (Å²) in [5, 5.41) is 16.8. The normalized spacial score (nSPS) is 12.2. The van der Waals surface area contributed by atoms with E-state index in [9.17, 15) is 9.90 Å². The highest BCUT2D eigenvalue weighted by Gasteiger charge is 2.21. The van der Waals surface area contributed by atoms with Crippen LogP contribution in [0.4, 0.5) is 10.5 Å². The highest BCUT2D eigenvalue weighted by molar-refractivity contribution is 6.30. The molecule has 0 saturated heterocycles. The summed E-state index contributed by atoms with van der Waals surface area (Å²) in [6, 6.07) is 26.4. The van der Waals surface area contributed by atoms with Gasteiger partial charge in [0.1, 0.15) is 5.76 Å². The van der Waals surface area contributed by atoms with Gasteiger partial charge in [-0.15, -0.1) is 0 Å². The van der Waals surface area contributed by atoms with Gasteiger partial charge in [0.25, 0.3) is 0 Å². The molecule has 2 amide bonds. The number of rotatable bonds is 7. The molecule has 0 aliphatic carbocycles. The highest BCUT2D eigenvalue weighted by atomic mass is 35.5. The Bertz CT molecular complexity index is 1360. The largest absolute Gasteiger partial charge is 0.467 e. The van der Waals surface area contributed by atoms with Crippen LogP contribution in [-0.2, 0) is 13.1 Å². The molecule has 3 aromatic carbocycles. The maximum Gasteiger partial charge on any atom is 0.322 e. The smallest absolute Gasteiger partial charge is 0.322 e. The number of aliphatic hydroxyl groups is 1. The average Bonchev–Trinajstić information content (AvgIpc) is 3.47. The van der Waals surface area contributed by atoms with Crippen molar-refractivity contribution in [1.82, 2.24) is 9.47 Å². The van der Waals surface area contributed by atoms with Crippen molar-refractivity contribution in [2.24, 2.45) is 0 Å². The second-order valence-corrected chi connectivity index (χ2v) is 8.63. The number of para-hydroxylation sites is 2. The van der Waals surface area contributed by atoms with E-state index in [4.69, 9.17) is 16.0 Å². The van der Waals surface area contributed by atoms with E-state index in [0.29, 0.717) is 23.0 Å². The lowest BCUT2D eigenvalue weighted by atomic mass is 10.2. The molecule has 5 rings (SSSR count). The second kappa shape index (κ2) is 9.63. The van der Waals surface area contributed by atoms with Crippen LogP contribution in [0.15, 0.2) is 95.6 Å². The number of anilines is 1. The average molecular weight is 474 g/mol. The minimum absolute atomic E-state index is 0.126. The summed E-state index contributed by atoms with van der Waals surface area (Å²) in [6.45, 7) is 0.703. The molecule has 0 aliphatic heterocycles. The Labute approximate surface area is 202 Å². The van der Waals surface area contributed by atoms with E-state index >= 15 is 0 Å². The van der Waals surface area contributed by atoms with Gasteiger partial charge in [0, 0.05) is 32.5 Å². The third-order valence-corrected chi connectivity index (χ3v) is 6.07. The molecule has 1 atom stereocenters. The quantitative estimate of drug-likeness (QED) is 0.298. The number of amides is 2. The van der Waals surface area contributed by atoms with E-state index in [1.54, 1.807) is 41.5 Å². The van der Waals surface area contributed by atoms with Gasteiger partial charge >= 0.3 is 6.03 Å².